The first-order valence-electron chi connectivity index (χ1n) is 5.89. The minimum Gasteiger partial charge on any atom is -0.497 e. The molecule has 2 N–H and O–H groups in total. The van der Waals surface area contributed by atoms with Crippen molar-refractivity contribution in [3.63, 3.8) is 0 Å². The minimum atomic E-state index is -0.639. The van der Waals surface area contributed by atoms with Gasteiger partial charge in [0.1, 0.15) is 5.75 Å². The number of ether oxygens (including phenoxy) is 1. The van der Waals surface area contributed by atoms with Crippen LogP contribution in [0.3, 0.4) is 0 Å². The number of carbonyl (C=O) groups is 1. The van der Waals surface area contributed by atoms with E-state index >= 15 is 0 Å². The van der Waals surface area contributed by atoms with Crippen molar-refractivity contribution in [1.82, 2.24) is 15.0 Å². The van der Waals surface area contributed by atoms with Crippen LogP contribution >= 0.6 is 12.4 Å². The Morgan fingerprint density at radius 2 is 2.18 bits per heavy atom. The van der Waals surface area contributed by atoms with E-state index in [0.717, 1.165) is 0 Å². The van der Waals surface area contributed by atoms with Crippen LogP contribution in [0.4, 0.5) is 11.6 Å². The third kappa shape index (κ3) is 3.64. The number of hydrogen-bond donors (Lipinski definition) is 2. The lowest BCUT2D eigenvalue weighted by molar-refractivity contribution is -0.388. The standard InChI is InChI=1S/C12H13N5O4.ClH/c1-16-7-13-10(17(19)20)11(16)14-15-12(18)8-4-3-5-9(6-8)21-2;/h3-7,14H,1-2H3,(H,15,18);1H. The second-order valence-corrected chi connectivity index (χ2v) is 4.10. The van der Waals surface area contributed by atoms with Crippen LogP contribution < -0.4 is 15.6 Å². The quantitative estimate of drug-likeness (QED) is 0.636. The molecule has 10 heteroatoms. The summed E-state index contributed by atoms with van der Waals surface area (Å²) in [6.07, 6.45) is 1.28. The van der Waals surface area contributed by atoms with Gasteiger partial charge in [0.25, 0.3) is 5.91 Å². The average Bonchev–Trinajstić information content (AvgIpc) is 2.86. The maximum absolute atomic E-state index is 12.0. The van der Waals surface area contributed by atoms with E-state index in [0.29, 0.717) is 11.3 Å². The molecule has 0 saturated heterocycles. The molecule has 0 aliphatic heterocycles. The van der Waals surface area contributed by atoms with Gasteiger partial charge in [0, 0.05) is 12.6 Å². The van der Waals surface area contributed by atoms with Crippen LogP contribution in [0.2, 0.25) is 0 Å². The summed E-state index contributed by atoms with van der Waals surface area (Å²) in [5.41, 5.74) is 5.23. The molecule has 2 rings (SSSR count). The maximum Gasteiger partial charge on any atom is 0.408 e. The molecule has 1 aromatic heterocycles. The predicted octanol–water partition coefficient (Wildman–Crippen LogP) is 1.52. The summed E-state index contributed by atoms with van der Waals surface area (Å²) in [5, 5.41) is 10.8. The monoisotopic (exact) mass is 327 g/mol. The molecule has 0 radical (unpaired) electrons. The molecule has 0 atom stereocenters. The van der Waals surface area contributed by atoms with E-state index < -0.39 is 10.8 Å². The first-order chi connectivity index (χ1) is 10.0. The van der Waals surface area contributed by atoms with Gasteiger partial charge >= 0.3 is 5.82 Å². The molecule has 0 aliphatic rings. The van der Waals surface area contributed by atoms with E-state index in [1.807, 2.05) is 0 Å². The number of nitrogens with zero attached hydrogens (tertiary/aromatic N) is 3. The summed E-state index contributed by atoms with van der Waals surface area (Å²) in [7, 11) is 3.06. The number of hydrogen-bond acceptors (Lipinski definition) is 6. The van der Waals surface area contributed by atoms with Gasteiger partial charge in [-0.1, -0.05) is 6.07 Å². The molecule has 2 aromatic rings. The number of halogens is 1. The van der Waals surface area contributed by atoms with Crippen LogP contribution in [0.5, 0.6) is 5.75 Å². The van der Waals surface area contributed by atoms with E-state index in [2.05, 4.69) is 15.8 Å². The number of methoxy groups -OCH3 is 1. The smallest absolute Gasteiger partial charge is 0.408 e. The first kappa shape index (κ1) is 17.2. The van der Waals surface area contributed by atoms with E-state index in [1.54, 1.807) is 31.3 Å². The van der Waals surface area contributed by atoms with Gasteiger partial charge in [-0.2, -0.15) is 0 Å². The van der Waals surface area contributed by atoms with Crippen molar-refractivity contribution in [3.8, 4) is 5.75 Å². The highest BCUT2D eigenvalue weighted by Gasteiger charge is 2.20. The largest absolute Gasteiger partial charge is 0.497 e. The third-order valence-corrected chi connectivity index (χ3v) is 2.72. The summed E-state index contributed by atoms with van der Waals surface area (Å²) in [6.45, 7) is 0. The minimum absolute atomic E-state index is 0. The number of amides is 1. The molecule has 0 saturated carbocycles. The van der Waals surface area contributed by atoms with Gasteiger partial charge in [-0.3, -0.25) is 20.2 Å². The molecule has 1 heterocycles. The van der Waals surface area contributed by atoms with Gasteiger partial charge in [0.05, 0.1) is 7.11 Å². The Kier molecular flexibility index (Phi) is 5.70. The Morgan fingerprint density at radius 3 is 2.82 bits per heavy atom. The molecule has 22 heavy (non-hydrogen) atoms. The highest BCUT2D eigenvalue weighted by atomic mass is 35.5. The molecule has 0 spiro atoms. The summed E-state index contributed by atoms with van der Waals surface area (Å²) < 4.78 is 6.41. The first-order valence-corrected chi connectivity index (χ1v) is 5.89. The number of aromatic nitrogens is 2. The van der Waals surface area contributed by atoms with Gasteiger partial charge in [-0.25, -0.2) is 0 Å². The van der Waals surface area contributed by atoms with Gasteiger partial charge in [-0.05, 0) is 28.1 Å². The van der Waals surface area contributed by atoms with Crippen LogP contribution in [0.1, 0.15) is 10.4 Å². The van der Waals surface area contributed by atoms with E-state index in [1.165, 1.54) is 18.0 Å². The molecule has 0 bridgehead atoms. The fraction of sp³-hybridized carbons (Fsp3) is 0.167. The van der Waals surface area contributed by atoms with Crippen LogP contribution in [0, 0.1) is 10.1 Å². The lowest BCUT2D eigenvalue weighted by atomic mass is 10.2. The van der Waals surface area contributed by atoms with Crippen molar-refractivity contribution in [3.05, 3.63) is 46.3 Å². The highest BCUT2D eigenvalue weighted by Crippen LogP contribution is 2.20. The molecule has 0 fully saturated rings. The topological polar surface area (TPSA) is 111 Å². The van der Waals surface area contributed by atoms with Crippen LogP contribution in [0.15, 0.2) is 30.6 Å². The molecular weight excluding hydrogens is 314 g/mol. The molecule has 0 unspecified atom stereocenters. The number of aryl methyl sites for hydroxylation is 1. The maximum atomic E-state index is 12.0. The molecule has 1 amide bonds. The van der Waals surface area contributed by atoms with Crippen molar-refractivity contribution in [2.24, 2.45) is 7.05 Å². The fourth-order valence-corrected chi connectivity index (χ4v) is 1.65. The molecule has 9 nitrogen and oxygen atoms in total. The van der Waals surface area contributed by atoms with Crippen molar-refractivity contribution in [2.75, 3.05) is 12.5 Å². The lowest BCUT2D eigenvalue weighted by Gasteiger charge is -2.09. The number of hydrazine groups is 1. The molecule has 1 aromatic carbocycles. The number of imidazole rings is 1. The third-order valence-electron chi connectivity index (χ3n) is 2.72. The van der Waals surface area contributed by atoms with Crippen molar-refractivity contribution >= 4 is 29.9 Å². The summed E-state index contributed by atoms with van der Waals surface area (Å²) in [6, 6.07) is 6.52. The van der Waals surface area contributed by atoms with Gasteiger partial charge in [0.15, 0.2) is 0 Å². The Morgan fingerprint density at radius 1 is 1.45 bits per heavy atom. The molecule has 118 valence electrons. The second-order valence-electron chi connectivity index (χ2n) is 4.10. The van der Waals surface area contributed by atoms with Crippen LogP contribution in [-0.2, 0) is 7.05 Å². The summed E-state index contributed by atoms with van der Waals surface area (Å²) in [4.78, 5) is 25.8. The molecular formula is C12H14ClN5O4. The number of rotatable bonds is 5. The van der Waals surface area contributed by atoms with Gasteiger partial charge in [-0.15, -0.1) is 12.4 Å². The highest BCUT2D eigenvalue weighted by molar-refractivity contribution is 5.95. The van der Waals surface area contributed by atoms with Gasteiger partial charge in [0.2, 0.25) is 12.1 Å². The Bertz CT molecular complexity index is 688. The molecule has 0 aliphatic carbocycles. The summed E-state index contributed by atoms with van der Waals surface area (Å²) in [5.74, 6) is -0.210. The zero-order chi connectivity index (χ0) is 15.4. The van der Waals surface area contributed by atoms with Crippen molar-refractivity contribution in [1.29, 1.82) is 0 Å². The lowest BCUT2D eigenvalue weighted by Crippen LogP contribution is -2.30. The predicted molar refractivity (Wildman–Crippen MR) is 81.2 cm³/mol. The number of nitro groups is 1. The Labute approximate surface area is 131 Å². The van der Waals surface area contributed by atoms with E-state index in [4.69, 9.17) is 4.74 Å². The average molecular weight is 328 g/mol. The summed E-state index contributed by atoms with van der Waals surface area (Å²) >= 11 is 0. The number of benzene rings is 1. The van der Waals surface area contributed by atoms with Crippen LogP contribution in [0.25, 0.3) is 0 Å². The van der Waals surface area contributed by atoms with Crippen LogP contribution in [-0.4, -0.2) is 27.5 Å². The van der Waals surface area contributed by atoms with E-state index in [-0.39, 0.29) is 24.0 Å². The fourth-order valence-electron chi connectivity index (χ4n) is 1.65. The van der Waals surface area contributed by atoms with E-state index in [9.17, 15) is 14.9 Å². The second kappa shape index (κ2) is 7.27. The zero-order valence-electron chi connectivity index (χ0n) is 11.8. The number of nitrogens with one attached hydrogen (secondary N) is 2. The number of carbonyl (C=O) groups excluding carboxylic acids is 1. The Balaban J connectivity index is 0.00000242. The van der Waals surface area contributed by atoms with Gasteiger partial charge < -0.3 is 14.9 Å². The normalized spacial score (nSPS) is 9.55. The number of anilines is 1. The SMILES string of the molecule is COc1cccc(C(=O)NNc2c([N+](=O)[O-])ncn2C)c1.Cl. The Hall–Kier alpha value is -2.81. The van der Waals surface area contributed by atoms with Crippen molar-refractivity contribution < 1.29 is 14.5 Å². The zero-order valence-corrected chi connectivity index (χ0v) is 12.6. The van der Waals surface area contributed by atoms with Crippen molar-refractivity contribution in [2.45, 2.75) is 0 Å².